The van der Waals surface area contributed by atoms with E-state index in [1.54, 1.807) is 12.2 Å². The fourth-order valence-electron chi connectivity index (χ4n) is 4.06. The van der Waals surface area contributed by atoms with Gasteiger partial charge in [0.25, 0.3) is 11.8 Å². The molecule has 1 aromatic carbocycles. The van der Waals surface area contributed by atoms with Gasteiger partial charge in [0.1, 0.15) is 5.57 Å². The van der Waals surface area contributed by atoms with Crippen LogP contribution in [0.4, 0.5) is 5.69 Å². The molecule has 1 fully saturated rings. The van der Waals surface area contributed by atoms with Gasteiger partial charge in [-0.25, -0.2) is 0 Å². The zero-order valence-electron chi connectivity index (χ0n) is 16.1. The van der Waals surface area contributed by atoms with E-state index in [4.69, 9.17) is 12.2 Å². The molecule has 2 N–H and O–H groups in total. The molecule has 4 rings (SSSR count). The van der Waals surface area contributed by atoms with E-state index in [1.807, 2.05) is 18.2 Å². The van der Waals surface area contributed by atoms with Gasteiger partial charge in [-0.1, -0.05) is 36.5 Å². The zero-order valence-corrected chi connectivity index (χ0v) is 16.9. The summed E-state index contributed by atoms with van der Waals surface area (Å²) in [6, 6.07) is 4.62. The summed E-state index contributed by atoms with van der Waals surface area (Å²) in [7, 11) is 0. The van der Waals surface area contributed by atoms with Crippen molar-refractivity contribution in [1.29, 1.82) is 0 Å². The van der Waals surface area contributed by atoms with Crippen molar-refractivity contribution in [1.82, 2.24) is 10.6 Å². The molecule has 29 heavy (non-hydrogen) atoms. The summed E-state index contributed by atoms with van der Waals surface area (Å²) in [4.78, 5) is 26.0. The lowest BCUT2D eigenvalue weighted by molar-refractivity contribution is -0.123. The quantitative estimate of drug-likeness (QED) is 0.350. The standard InChI is InChI=1S/C23H23N3O2S/c27-21-19(22(28)25-23(29)24-21)11-5-3-1-2-4-8-16-14-17-9-6-12-26-13-7-10-18(15-16)20(17)26/h1-5,8,11,14-15H,6-7,9-10,12-13H2,(H2,24,25,27,28,29)/b2-1+,5-3+,8-4+. The smallest absolute Gasteiger partial charge is 0.263 e. The summed E-state index contributed by atoms with van der Waals surface area (Å²) in [6.45, 7) is 2.38. The molecule has 5 nitrogen and oxygen atoms in total. The molecule has 6 heteroatoms. The molecule has 148 valence electrons. The molecular weight excluding hydrogens is 382 g/mol. The molecule has 0 spiro atoms. The predicted molar refractivity (Wildman–Crippen MR) is 120 cm³/mol. The number of hydrogen-bond acceptors (Lipinski definition) is 4. The Morgan fingerprint density at radius 3 is 2.10 bits per heavy atom. The zero-order chi connectivity index (χ0) is 20.2. The molecule has 0 saturated carbocycles. The number of amides is 2. The molecule has 1 saturated heterocycles. The maximum atomic E-state index is 11.7. The average molecular weight is 406 g/mol. The van der Waals surface area contributed by atoms with Crippen molar-refractivity contribution in [2.45, 2.75) is 25.7 Å². The molecule has 2 amide bonds. The fourth-order valence-corrected chi connectivity index (χ4v) is 4.25. The second kappa shape index (κ2) is 8.57. The van der Waals surface area contributed by atoms with Crippen molar-refractivity contribution in [3.63, 3.8) is 0 Å². The summed E-state index contributed by atoms with van der Waals surface area (Å²) in [5, 5.41) is 4.84. The third kappa shape index (κ3) is 4.38. The molecule has 0 aliphatic carbocycles. The fraction of sp³-hybridized carbons (Fsp3) is 0.261. The molecule has 3 aliphatic heterocycles. The van der Waals surface area contributed by atoms with Gasteiger partial charge in [-0.15, -0.1) is 0 Å². The number of carbonyl (C=O) groups excluding carboxylic acids is 2. The molecular formula is C23H23N3O2S. The highest BCUT2D eigenvalue weighted by atomic mass is 32.1. The first-order chi connectivity index (χ1) is 14.1. The SMILES string of the molecule is O=C1NC(=S)NC(=O)C1=C/C=C/C=C/C=C/c1cc2c3c(c1)CCCN3CCC2. The largest absolute Gasteiger partial charge is 0.371 e. The maximum Gasteiger partial charge on any atom is 0.263 e. The number of nitrogens with zero attached hydrogens (tertiary/aromatic N) is 1. The Morgan fingerprint density at radius 1 is 0.862 bits per heavy atom. The van der Waals surface area contributed by atoms with E-state index in [1.165, 1.54) is 67.2 Å². The third-order valence-corrected chi connectivity index (χ3v) is 5.50. The van der Waals surface area contributed by atoms with Crippen LogP contribution < -0.4 is 15.5 Å². The molecule has 0 aromatic heterocycles. The first kappa shape index (κ1) is 19.3. The third-order valence-electron chi connectivity index (χ3n) is 5.29. The van der Waals surface area contributed by atoms with Crippen molar-refractivity contribution < 1.29 is 9.59 Å². The normalized spacial score (nSPS) is 19.1. The minimum atomic E-state index is -0.484. The Balaban J connectivity index is 1.39. The monoisotopic (exact) mass is 405 g/mol. The van der Waals surface area contributed by atoms with E-state index in [2.05, 4.69) is 33.7 Å². The topological polar surface area (TPSA) is 61.4 Å². The molecule has 0 radical (unpaired) electrons. The van der Waals surface area contributed by atoms with Crippen LogP contribution in [0, 0.1) is 0 Å². The van der Waals surface area contributed by atoms with Crippen LogP contribution in [0.3, 0.4) is 0 Å². The second-order valence-electron chi connectivity index (χ2n) is 7.33. The second-order valence-corrected chi connectivity index (χ2v) is 7.74. The van der Waals surface area contributed by atoms with Crippen LogP contribution in [0.5, 0.6) is 0 Å². The van der Waals surface area contributed by atoms with Crippen molar-refractivity contribution in [3.05, 3.63) is 70.9 Å². The van der Waals surface area contributed by atoms with Crippen molar-refractivity contribution in [3.8, 4) is 0 Å². The van der Waals surface area contributed by atoms with Crippen LogP contribution >= 0.6 is 12.2 Å². The van der Waals surface area contributed by atoms with E-state index in [0.717, 1.165) is 0 Å². The van der Waals surface area contributed by atoms with Crippen LogP contribution in [0.2, 0.25) is 0 Å². The molecule has 0 atom stereocenters. The van der Waals surface area contributed by atoms with Crippen LogP contribution in [0.25, 0.3) is 6.08 Å². The molecule has 0 unspecified atom stereocenters. The maximum absolute atomic E-state index is 11.7. The number of aryl methyl sites for hydroxylation is 2. The molecule has 3 aliphatic rings. The van der Waals surface area contributed by atoms with Gasteiger partial charge in [-0.05, 0) is 72.8 Å². The van der Waals surface area contributed by atoms with Gasteiger partial charge in [-0.3, -0.25) is 20.2 Å². The van der Waals surface area contributed by atoms with E-state index < -0.39 is 11.8 Å². The van der Waals surface area contributed by atoms with Gasteiger partial charge in [0.15, 0.2) is 5.11 Å². The van der Waals surface area contributed by atoms with Crippen LogP contribution in [0.1, 0.15) is 29.5 Å². The number of benzene rings is 1. The van der Waals surface area contributed by atoms with Gasteiger partial charge in [-0.2, -0.15) is 0 Å². The highest BCUT2D eigenvalue weighted by molar-refractivity contribution is 7.80. The summed E-state index contributed by atoms with van der Waals surface area (Å²) in [5.41, 5.74) is 5.72. The first-order valence-corrected chi connectivity index (χ1v) is 10.3. The number of allylic oxidation sites excluding steroid dienone is 6. The summed E-state index contributed by atoms with van der Waals surface area (Å²) < 4.78 is 0. The number of hydrogen-bond donors (Lipinski definition) is 2. The summed E-state index contributed by atoms with van der Waals surface area (Å²) in [6.07, 6.45) is 17.6. The van der Waals surface area contributed by atoms with E-state index in [9.17, 15) is 9.59 Å². The van der Waals surface area contributed by atoms with Crippen molar-refractivity contribution in [2.75, 3.05) is 18.0 Å². The van der Waals surface area contributed by atoms with Crippen LogP contribution in [-0.4, -0.2) is 30.0 Å². The Bertz CT molecular complexity index is 935. The number of nitrogens with one attached hydrogen (secondary N) is 2. The van der Waals surface area contributed by atoms with E-state index in [-0.39, 0.29) is 10.7 Å². The Kier molecular flexibility index (Phi) is 5.71. The molecule has 0 bridgehead atoms. The van der Waals surface area contributed by atoms with Crippen LogP contribution in [0.15, 0.2) is 54.2 Å². The molecule has 3 heterocycles. The summed E-state index contributed by atoms with van der Waals surface area (Å²) in [5.74, 6) is -0.968. The minimum Gasteiger partial charge on any atom is -0.371 e. The van der Waals surface area contributed by atoms with Gasteiger partial charge in [0.2, 0.25) is 0 Å². The molecule has 1 aromatic rings. The van der Waals surface area contributed by atoms with Crippen LogP contribution in [-0.2, 0) is 22.4 Å². The average Bonchev–Trinajstić information content (AvgIpc) is 2.69. The number of thiocarbonyl (C=S) groups is 1. The first-order valence-electron chi connectivity index (χ1n) is 9.91. The minimum absolute atomic E-state index is 0.0372. The van der Waals surface area contributed by atoms with Crippen molar-refractivity contribution in [2.24, 2.45) is 0 Å². The Labute approximate surface area is 175 Å². The van der Waals surface area contributed by atoms with E-state index >= 15 is 0 Å². The summed E-state index contributed by atoms with van der Waals surface area (Å²) >= 11 is 4.76. The van der Waals surface area contributed by atoms with Gasteiger partial charge in [0.05, 0.1) is 0 Å². The Hall–Kier alpha value is -2.99. The van der Waals surface area contributed by atoms with E-state index in [0.29, 0.717) is 0 Å². The lowest BCUT2D eigenvalue weighted by Gasteiger charge is -2.37. The highest BCUT2D eigenvalue weighted by Crippen LogP contribution is 2.36. The van der Waals surface area contributed by atoms with Gasteiger partial charge < -0.3 is 4.90 Å². The number of anilines is 1. The predicted octanol–water partition coefficient (Wildman–Crippen LogP) is 2.97. The van der Waals surface area contributed by atoms with Crippen molar-refractivity contribution >= 4 is 40.9 Å². The number of carbonyl (C=O) groups is 2. The lowest BCUT2D eigenvalue weighted by atomic mass is 9.90. The van der Waals surface area contributed by atoms with Gasteiger partial charge in [0, 0.05) is 18.8 Å². The number of rotatable bonds is 4. The Morgan fingerprint density at radius 2 is 1.45 bits per heavy atom. The highest BCUT2D eigenvalue weighted by Gasteiger charge is 2.25. The van der Waals surface area contributed by atoms with Gasteiger partial charge >= 0.3 is 0 Å². The lowest BCUT2D eigenvalue weighted by Crippen LogP contribution is -2.51.